The van der Waals surface area contributed by atoms with Gasteiger partial charge in [-0.15, -0.1) is 0 Å². The average molecular weight is 375 g/mol. The van der Waals surface area contributed by atoms with E-state index in [2.05, 4.69) is 15.3 Å². The minimum Gasteiger partial charge on any atom is -0.422 e. The number of carbonyl (C=O) groups is 1. The van der Waals surface area contributed by atoms with Crippen LogP contribution < -0.4 is 5.32 Å². The van der Waals surface area contributed by atoms with Gasteiger partial charge in [-0.05, 0) is 30.2 Å². The average Bonchev–Trinajstić information content (AvgIpc) is 3.01. The van der Waals surface area contributed by atoms with Gasteiger partial charge < -0.3 is 9.73 Å². The van der Waals surface area contributed by atoms with E-state index in [0.29, 0.717) is 45.9 Å². The second-order valence-corrected chi connectivity index (χ2v) is 5.91. The molecule has 0 spiro atoms. The van der Waals surface area contributed by atoms with E-state index in [1.165, 1.54) is 24.4 Å². The van der Waals surface area contributed by atoms with Crippen LogP contribution >= 0.6 is 0 Å². The molecular weight excluding hydrogens is 359 g/mol. The number of alkyl halides is 3. The lowest BCUT2D eigenvalue weighted by Crippen LogP contribution is -2.13. The molecule has 0 aliphatic rings. The first-order valence-corrected chi connectivity index (χ1v) is 8.18. The van der Waals surface area contributed by atoms with Crippen LogP contribution in [0.2, 0.25) is 0 Å². The van der Waals surface area contributed by atoms with Gasteiger partial charge in [0.15, 0.2) is 5.89 Å². The second kappa shape index (κ2) is 7.22. The van der Waals surface area contributed by atoms with Gasteiger partial charge in [0.25, 0.3) is 5.91 Å². The van der Waals surface area contributed by atoms with Crippen molar-refractivity contribution in [1.82, 2.24) is 9.97 Å². The van der Waals surface area contributed by atoms with Gasteiger partial charge in [-0.1, -0.05) is 25.1 Å². The number of carbonyl (C=O) groups excluding carboxylic acids is 1. The van der Waals surface area contributed by atoms with Crippen molar-refractivity contribution in [3.05, 3.63) is 59.1 Å². The van der Waals surface area contributed by atoms with Crippen molar-refractivity contribution in [2.45, 2.75) is 26.4 Å². The van der Waals surface area contributed by atoms with Gasteiger partial charge in [0.2, 0.25) is 5.71 Å². The maximum Gasteiger partial charge on any atom is 0.409 e. The van der Waals surface area contributed by atoms with Gasteiger partial charge in [0.1, 0.15) is 5.52 Å². The molecular formula is C19H16F3N3O2. The Kier molecular flexibility index (Phi) is 4.98. The SMILES string of the molecule is CCc1nc2cc(NC(=O)c3ccc(/C=C/C(F)(F)F)cc3C)cnc2o1. The largest absolute Gasteiger partial charge is 0.422 e. The van der Waals surface area contributed by atoms with E-state index >= 15 is 0 Å². The van der Waals surface area contributed by atoms with Crippen molar-refractivity contribution < 1.29 is 22.4 Å². The number of aromatic nitrogens is 2. The molecule has 140 valence electrons. The Morgan fingerprint density at radius 2 is 2.07 bits per heavy atom. The molecule has 1 amide bonds. The zero-order chi connectivity index (χ0) is 19.6. The normalized spacial score (nSPS) is 12.0. The zero-order valence-electron chi connectivity index (χ0n) is 14.6. The van der Waals surface area contributed by atoms with Crippen LogP contribution in [0.15, 0.2) is 41.0 Å². The monoisotopic (exact) mass is 375 g/mol. The van der Waals surface area contributed by atoms with Crippen LogP contribution in [-0.2, 0) is 6.42 Å². The number of benzene rings is 1. The summed E-state index contributed by atoms with van der Waals surface area (Å²) in [5.41, 5.74) is 2.65. The predicted molar refractivity (Wildman–Crippen MR) is 95.4 cm³/mol. The van der Waals surface area contributed by atoms with Crippen LogP contribution in [0.3, 0.4) is 0 Å². The van der Waals surface area contributed by atoms with Crippen LogP contribution in [0.4, 0.5) is 18.9 Å². The van der Waals surface area contributed by atoms with Crippen LogP contribution in [-0.4, -0.2) is 22.1 Å². The van der Waals surface area contributed by atoms with Gasteiger partial charge in [-0.25, -0.2) is 9.97 Å². The fourth-order valence-corrected chi connectivity index (χ4v) is 2.52. The van der Waals surface area contributed by atoms with E-state index in [4.69, 9.17) is 4.42 Å². The number of rotatable bonds is 4. The Morgan fingerprint density at radius 3 is 2.74 bits per heavy atom. The lowest BCUT2D eigenvalue weighted by Gasteiger charge is -2.08. The summed E-state index contributed by atoms with van der Waals surface area (Å²) in [6, 6.07) is 6.11. The van der Waals surface area contributed by atoms with Crippen molar-refractivity contribution in [3.63, 3.8) is 0 Å². The number of aryl methyl sites for hydroxylation is 2. The summed E-state index contributed by atoms with van der Waals surface area (Å²) in [6.07, 6.45) is -1.17. The molecule has 0 saturated heterocycles. The van der Waals surface area contributed by atoms with Crippen molar-refractivity contribution in [3.8, 4) is 0 Å². The Balaban J connectivity index is 1.78. The number of oxazole rings is 1. The summed E-state index contributed by atoms with van der Waals surface area (Å²) in [4.78, 5) is 20.9. The maximum absolute atomic E-state index is 12.5. The molecule has 0 aliphatic heterocycles. The molecule has 8 heteroatoms. The first kappa shape index (κ1) is 18.6. The molecule has 2 aromatic heterocycles. The highest BCUT2D eigenvalue weighted by Gasteiger charge is 2.21. The highest BCUT2D eigenvalue weighted by Crippen LogP contribution is 2.21. The van der Waals surface area contributed by atoms with Crippen LogP contribution in [0.5, 0.6) is 0 Å². The van der Waals surface area contributed by atoms with Gasteiger partial charge in [0, 0.05) is 18.1 Å². The highest BCUT2D eigenvalue weighted by atomic mass is 19.4. The smallest absolute Gasteiger partial charge is 0.409 e. The number of fused-ring (bicyclic) bond motifs is 1. The van der Waals surface area contributed by atoms with Gasteiger partial charge in [0.05, 0.1) is 11.9 Å². The van der Waals surface area contributed by atoms with E-state index in [9.17, 15) is 18.0 Å². The quantitative estimate of drug-likeness (QED) is 0.703. The lowest BCUT2D eigenvalue weighted by atomic mass is 10.0. The van der Waals surface area contributed by atoms with E-state index in [0.717, 1.165) is 6.08 Å². The van der Waals surface area contributed by atoms with Gasteiger partial charge >= 0.3 is 6.18 Å². The number of halogens is 3. The van der Waals surface area contributed by atoms with E-state index in [-0.39, 0.29) is 12.0 Å². The van der Waals surface area contributed by atoms with Crippen molar-refractivity contribution in [2.75, 3.05) is 5.32 Å². The number of anilines is 1. The Bertz CT molecular complexity index is 1020. The number of hydrogen-bond donors (Lipinski definition) is 1. The number of pyridine rings is 1. The van der Waals surface area contributed by atoms with Crippen LogP contribution in [0.25, 0.3) is 17.3 Å². The molecule has 0 radical (unpaired) electrons. The summed E-state index contributed by atoms with van der Waals surface area (Å²) < 4.78 is 42.2. The molecule has 0 bridgehead atoms. The standard InChI is InChI=1S/C19H16F3N3O2/c1-3-16-25-15-9-13(10-23-18(15)27-16)24-17(26)14-5-4-12(8-11(14)2)6-7-19(20,21)22/h4-10H,3H2,1-2H3,(H,24,26)/b7-6+. The number of nitrogens with zero attached hydrogens (tertiary/aromatic N) is 2. The number of nitrogens with one attached hydrogen (secondary N) is 1. The molecule has 27 heavy (non-hydrogen) atoms. The minimum atomic E-state index is -4.38. The Labute approximate surface area is 152 Å². The summed E-state index contributed by atoms with van der Waals surface area (Å²) in [6.45, 7) is 3.57. The molecule has 0 atom stereocenters. The first-order valence-electron chi connectivity index (χ1n) is 8.18. The second-order valence-electron chi connectivity index (χ2n) is 5.91. The topological polar surface area (TPSA) is 68.0 Å². The van der Waals surface area contributed by atoms with E-state index in [1.54, 1.807) is 13.0 Å². The minimum absolute atomic E-state index is 0.158. The molecule has 5 nitrogen and oxygen atoms in total. The van der Waals surface area contributed by atoms with Gasteiger partial charge in [-0.2, -0.15) is 13.2 Å². The molecule has 3 aromatic rings. The lowest BCUT2D eigenvalue weighted by molar-refractivity contribution is -0.0790. The van der Waals surface area contributed by atoms with E-state index in [1.807, 2.05) is 6.92 Å². The number of amides is 1. The first-order chi connectivity index (χ1) is 12.7. The maximum atomic E-state index is 12.5. The van der Waals surface area contributed by atoms with Crippen molar-refractivity contribution in [2.24, 2.45) is 0 Å². The molecule has 0 unspecified atom stereocenters. The predicted octanol–water partition coefficient (Wildman–Crippen LogP) is 4.92. The third-order valence-corrected chi connectivity index (χ3v) is 3.81. The molecule has 3 rings (SSSR count). The Hall–Kier alpha value is -3.16. The number of hydrogen-bond acceptors (Lipinski definition) is 4. The fraction of sp³-hybridized carbons (Fsp3) is 0.211. The van der Waals surface area contributed by atoms with Crippen LogP contribution in [0.1, 0.15) is 34.3 Å². The van der Waals surface area contributed by atoms with Gasteiger partial charge in [-0.3, -0.25) is 4.79 Å². The van der Waals surface area contributed by atoms with Crippen LogP contribution in [0, 0.1) is 6.92 Å². The molecule has 2 heterocycles. The third kappa shape index (κ3) is 4.52. The summed E-state index contributed by atoms with van der Waals surface area (Å²) in [7, 11) is 0. The van der Waals surface area contributed by atoms with E-state index < -0.39 is 6.18 Å². The Morgan fingerprint density at radius 1 is 1.30 bits per heavy atom. The fourth-order valence-electron chi connectivity index (χ4n) is 2.52. The number of allylic oxidation sites excluding steroid dienone is 1. The van der Waals surface area contributed by atoms with Crippen molar-refractivity contribution in [1.29, 1.82) is 0 Å². The summed E-state index contributed by atoms with van der Waals surface area (Å²) in [5.74, 6) is 0.165. The van der Waals surface area contributed by atoms with Crippen molar-refractivity contribution >= 4 is 28.9 Å². The molecule has 0 fully saturated rings. The molecule has 1 aromatic carbocycles. The summed E-state index contributed by atoms with van der Waals surface area (Å²) in [5, 5.41) is 2.71. The zero-order valence-corrected chi connectivity index (χ0v) is 14.6. The molecule has 1 N–H and O–H groups in total. The molecule has 0 saturated carbocycles. The summed E-state index contributed by atoms with van der Waals surface area (Å²) >= 11 is 0. The highest BCUT2D eigenvalue weighted by molar-refractivity contribution is 6.05. The molecule has 0 aliphatic carbocycles. The third-order valence-electron chi connectivity index (χ3n) is 3.81.